The van der Waals surface area contributed by atoms with Gasteiger partial charge in [-0.1, -0.05) is 6.07 Å². The zero-order chi connectivity index (χ0) is 12.8. The Labute approximate surface area is 99.1 Å². The van der Waals surface area contributed by atoms with Crippen LogP contribution in [0.15, 0.2) is 18.2 Å². The third kappa shape index (κ3) is 4.38. The van der Waals surface area contributed by atoms with E-state index in [0.717, 1.165) is 12.1 Å². The highest BCUT2D eigenvalue weighted by molar-refractivity contribution is 5.21. The van der Waals surface area contributed by atoms with E-state index < -0.39 is 17.7 Å². The van der Waals surface area contributed by atoms with Crippen molar-refractivity contribution in [2.45, 2.75) is 25.5 Å². The van der Waals surface area contributed by atoms with Crippen molar-refractivity contribution < 1.29 is 19.0 Å². The number of benzene rings is 1. The molecule has 0 saturated carbocycles. The molecule has 0 radical (unpaired) electrons. The summed E-state index contributed by atoms with van der Waals surface area (Å²) in [5.74, 6) is -1.42. The van der Waals surface area contributed by atoms with Crippen molar-refractivity contribution in [3.8, 4) is 0 Å². The van der Waals surface area contributed by atoms with Gasteiger partial charge >= 0.3 is 0 Å². The van der Waals surface area contributed by atoms with Gasteiger partial charge in [-0.25, -0.2) is 8.78 Å². The standard InChI is InChI=1S/C12H17F2NO2/c1-8(4-5-16)15-7-12(17)10-3-2-9(13)6-11(10)14/h2-3,6,8,12,15-17H,4-5,7H2,1H3. The first-order chi connectivity index (χ1) is 8.04. The van der Waals surface area contributed by atoms with Gasteiger partial charge in [-0.15, -0.1) is 0 Å². The molecule has 5 heteroatoms. The van der Waals surface area contributed by atoms with Crippen LogP contribution in [0, 0.1) is 11.6 Å². The first kappa shape index (κ1) is 14.0. The molecule has 0 heterocycles. The number of rotatable bonds is 6. The SMILES string of the molecule is CC(CCO)NCC(O)c1ccc(F)cc1F. The summed E-state index contributed by atoms with van der Waals surface area (Å²) in [6.07, 6.45) is -0.477. The molecule has 0 fully saturated rings. The van der Waals surface area contributed by atoms with E-state index in [4.69, 9.17) is 5.11 Å². The number of hydrogen-bond acceptors (Lipinski definition) is 3. The molecular weight excluding hydrogens is 228 g/mol. The van der Waals surface area contributed by atoms with Gasteiger partial charge in [0.2, 0.25) is 0 Å². The van der Waals surface area contributed by atoms with Crippen LogP contribution in [-0.4, -0.2) is 29.4 Å². The summed E-state index contributed by atoms with van der Waals surface area (Å²) in [6.45, 7) is 2.06. The van der Waals surface area contributed by atoms with Crippen LogP contribution in [0.5, 0.6) is 0 Å². The molecule has 3 nitrogen and oxygen atoms in total. The maximum Gasteiger partial charge on any atom is 0.131 e. The Balaban J connectivity index is 2.54. The first-order valence-electron chi connectivity index (χ1n) is 5.52. The maximum absolute atomic E-state index is 13.3. The van der Waals surface area contributed by atoms with Gasteiger partial charge in [0.25, 0.3) is 0 Å². The molecule has 2 unspecified atom stereocenters. The molecule has 0 aliphatic rings. The molecular formula is C12H17F2NO2. The lowest BCUT2D eigenvalue weighted by Gasteiger charge is -2.17. The zero-order valence-corrected chi connectivity index (χ0v) is 9.66. The molecule has 17 heavy (non-hydrogen) atoms. The second-order valence-electron chi connectivity index (χ2n) is 4.00. The Morgan fingerprint density at radius 3 is 2.65 bits per heavy atom. The van der Waals surface area contributed by atoms with E-state index in [1.807, 2.05) is 6.92 Å². The number of aliphatic hydroxyl groups is 2. The predicted molar refractivity (Wildman–Crippen MR) is 60.5 cm³/mol. The maximum atomic E-state index is 13.3. The molecule has 0 amide bonds. The number of halogens is 2. The molecule has 0 spiro atoms. The fourth-order valence-electron chi connectivity index (χ4n) is 1.49. The van der Waals surface area contributed by atoms with Crippen LogP contribution in [0.25, 0.3) is 0 Å². The average Bonchev–Trinajstić information content (AvgIpc) is 2.26. The molecule has 96 valence electrons. The van der Waals surface area contributed by atoms with Gasteiger partial charge in [0, 0.05) is 30.8 Å². The fraction of sp³-hybridized carbons (Fsp3) is 0.500. The van der Waals surface area contributed by atoms with E-state index in [1.165, 1.54) is 6.07 Å². The quantitative estimate of drug-likeness (QED) is 0.709. The highest BCUT2D eigenvalue weighted by atomic mass is 19.1. The van der Waals surface area contributed by atoms with Gasteiger partial charge in [0.05, 0.1) is 6.10 Å². The number of hydrogen-bond donors (Lipinski definition) is 3. The normalized spacial score (nSPS) is 14.6. The minimum absolute atomic E-state index is 0.0261. The predicted octanol–water partition coefficient (Wildman–Crippen LogP) is 1.36. The van der Waals surface area contributed by atoms with Gasteiger partial charge in [0.1, 0.15) is 11.6 Å². The van der Waals surface area contributed by atoms with Crippen LogP contribution in [0.3, 0.4) is 0 Å². The van der Waals surface area contributed by atoms with Crippen LogP contribution >= 0.6 is 0 Å². The van der Waals surface area contributed by atoms with Crippen molar-refractivity contribution in [1.82, 2.24) is 5.32 Å². The van der Waals surface area contributed by atoms with E-state index in [0.29, 0.717) is 6.42 Å². The van der Waals surface area contributed by atoms with Crippen LogP contribution in [0.2, 0.25) is 0 Å². The fourth-order valence-corrected chi connectivity index (χ4v) is 1.49. The Morgan fingerprint density at radius 2 is 2.06 bits per heavy atom. The number of aliphatic hydroxyl groups excluding tert-OH is 2. The topological polar surface area (TPSA) is 52.5 Å². The van der Waals surface area contributed by atoms with E-state index in [1.54, 1.807) is 0 Å². The third-order valence-corrected chi connectivity index (χ3v) is 2.54. The average molecular weight is 245 g/mol. The molecule has 1 aromatic rings. The second-order valence-corrected chi connectivity index (χ2v) is 4.00. The highest BCUT2D eigenvalue weighted by Gasteiger charge is 2.14. The van der Waals surface area contributed by atoms with Crippen molar-refractivity contribution in [3.63, 3.8) is 0 Å². The van der Waals surface area contributed by atoms with E-state index in [-0.39, 0.29) is 24.8 Å². The Morgan fingerprint density at radius 1 is 1.35 bits per heavy atom. The lowest BCUT2D eigenvalue weighted by Crippen LogP contribution is -2.31. The van der Waals surface area contributed by atoms with Gasteiger partial charge in [0.15, 0.2) is 0 Å². The van der Waals surface area contributed by atoms with Crippen molar-refractivity contribution in [2.24, 2.45) is 0 Å². The molecule has 0 aliphatic heterocycles. The first-order valence-corrected chi connectivity index (χ1v) is 5.52. The van der Waals surface area contributed by atoms with E-state index in [9.17, 15) is 13.9 Å². The van der Waals surface area contributed by atoms with Gasteiger partial charge < -0.3 is 15.5 Å². The monoisotopic (exact) mass is 245 g/mol. The van der Waals surface area contributed by atoms with Crippen molar-refractivity contribution in [1.29, 1.82) is 0 Å². The van der Waals surface area contributed by atoms with Crippen LogP contribution in [0.1, 0.15) is 25.0 Å². The van der Waals surface area contributed by atoms with Crippen LogP contribution in [0.4, 0.5) is 8.78 Å². The van der Waals surface area contributed by atoms with Crippen molar-refractivity contribution in [3.05, 3.63) is 35.4 Å². The Hall–Kier alpha value is -1.04. The van der Waals surface area contributed by atoms with Gasteiger partial charge in [-0.2, -0.15) is 0 Å². The highest BCUT2D eigenvalue weighted by Crippen LogP contribution is 2.17. The second kappa shape index (κ2) is 6.64. The smallest absolute Gasteiger partial charge is 0.131 e. The van der Waals surface area contributed by atoms with Gasteiger partial charge in [-0.3, -0.25) is 0 Å². The molecule has 2 atom stereocenters. The summed E-state index contributed by atoms with van der Waals surface area (Å²) in [6, 6.07) is 3.11. The summed E-state index contributed by atoms with van der Waals surface area (Å²) < 4.78 is 26.0. The number of nitrogens with one attached hydrogen (secondary N) is 1. The van der Waals surface area contributed by atoms with E-state index in [2.05, 4.69) is 5.32 Å². The third-order valence-electron chi connectivity index (χ3n) is 2.54. The zero-order valence-electron chi connectivity index (χ0n) is 9.66. The molecule has 1 rings (SSSR count). The minimum Gasteiger partial charge on any atom is -0.396 e. The summed E-state index contributed by atoms with van der Waals surface area (Å²) >= 11 is 0. The molecule has 0 aromatic heterocycles. The Kier molecular flexibility index (Phi) is 5.47. The Bertz CT molecular complexity index is 360. The summed E-state index contributed by atoms with van der Waals surface area (Å²) in [5, 5.41) is 21.4. The summed E-state index contributed by atoms with van der Waals surface area (Å²) in [7, 11) is 0. The van der Waals surface area contributed by atoms with Crippen LogP contribution in [-0.2, 0) is 0 Å². The molecule has 3 N–H and O–H groups in total. The summed E-state index contributed by atoms with van der Waals surface area (Å²) in [5.41, 5.74) is 0.0649. The lowest BCUT2D eigenvalue weighted by atomic mass is 10.1. The van der Waals surface area contributed by atoms with Crippen molar-refractivity contribution in [2.75, 3.05) is 13.2 Å². The molecule has 0 aliphatic carbocycles. The van der Waals surface area contributed by atoms with Crippen LogP contribution < -0.4 is 5.32 Å². The van der Waals surface area contributed by atoms with Gasteiger partial charge in [-0.05, 0) is 19.4 Å². The molecule has 0 bridgehead atoms. The van der Waals surface area contributed by atoms with E-state index >= 15 is 0 Å². The molecule has 1 aromatic carbocycles. The lowest BCUT2D eigenvalue weighted by molar-refractivity contribution is 0.162. The largest absolute Gasteiger partial charge is 0.396 e. The minimum atomic E-state index is -1.03. The molecule has 0 saturated heterocycles. The van der Waals surface area contributed by atoms with Crippen molar-refractivity contribution >= 4 is 0 Å². The summed E-state index contributed by atoms with van der Waals surface area (Å²) in [4.78, 5) is 0.